The third-order valence-corrected chi connectivity index (χ3v) is 5.68. The average Bonchev–Trinajstić information content (AvgIpc) is 3.16. The number of fused-ring (bicyclic) bond motifs is 2. The van der Waals surface area contributed by atoms with Gasteiger partial charge in [0, 0.05) is 11.4 Å². The summed E-state index contributed by atoms with van der Waals surface area (Å²) in [5.74, 6) is 0.549. The first kappa shape index (κ1) is 19.3. The molecule has 0 saturated heterocycles. The van der Waals surface area contributed by atoms with Crippen molar-refractivity contribution >= 4 is 39.2 Å². The molecule has 7 nitrogen and oxygen atoms in total. The van der Waals surface area contributed by atoms with Gasteiger partial charge in [-0.05, 0) is 43.0 Å². The van der Waals surface area contributed by atoms with E-state index in [4.69, 9.17) is 11.6 Å². The number of rotatable bonds is 4. The van der Waals surface area contributed by atoms with E-state index in [1.54, 1.807) is 4.57 Å². The zero-order chi connectivity index (χ0) is 21.5. The lowest BCUT2D eigenvalue weighted by Crippen LogP contribution is -2.26. The zero-order valence-corrected chi connectivity index (χ0v) is 17.7. The fourth-order valence-corrected chi connectivity index (χ4v) is 4.15. The molecule has 0 aliphatic carbocycles. The number of para-hydroxylation sites is 1. The molecule has 0 fully saturated rings. The highest BCUT2D eigenvalue weighted by Gasteiger charge is 2.19. The van der Waals surface area contributed by atoms with E-state index in [1.165, 1.54) is 6.33 Å². The van der Waals surface area contributed by atoms with Crippen LogP contribution in [0, 0.1) is 6.92 Å². The quantitative estimate of drug-likeness (QED) is 0.428. The van der Waals surface area contributed by atoms with Crippen LogP contribution in [0.15, 0.2) is 65.7 Å². The van der Waals surface area contributed by atoms with Crippen molar-refractivity contribution in [3.63, 3.8) is 0 Å². The maximum atomic E-state index is 13.6. The van der Waals surface area contributed by atoms with Crippen LogP contribution in [0.1, 0.15) is 24.2 Å². The zero-order valence-electron chi connectivity index (χ0n) is 16.9. The molecular weight excluding hydrogens is 412 g/mol. The van der Waals surface area contributed by atoms with E-state index in [0.29, 0.717) is 27.4 Å². The smallest absolute Gasteiger partial charge is 0.263 e. The number of aryl methyl sites for hydroxylation is 1. The van der Waals surface area contributed by atoms with Gasteiger partial charge >= 0.3 is 0 Å². The van der Waals surface area contributed by atoms with Gasteiger partial charge in [-0.3, -0.25) is 14.5 Å². The van der Waals surface area contributed by atoms with Crippen LogP contribution in [0.4, 0.5) is 5.82 Å². The van der Waals surface area contributed by atoms with E-state index in [9.17, 15) is 4.79 Å². The van der Waals surface area contributed by atoms with Crippen LogP contribution >= 0.6 is 11.6 Å². The van der Waals surface area contributed by atoms with Gasteiger partial charge in [-0.15, -0.1) is 0 Å². The Morgan fingerprint density at radius 3 is 2.68 bits per heavy atom. The second kappa shape index (κ2) is 7.52. The van der Waals surface area contributed by atoms with Crippen LogP contribution in [0.5, 0.6) is 0 Å². The number of benzene rings is 2. The molecule has 0 aliphatic heterocycles. The predicted octanol–water partition coefficient (Wildman–Crippen LogP) is 4.79. The molecule has 0 amide bonds. The average molecular weight is 431 g/mol. The van der Waals surface area contributed by atoms with Gasteiger partial charge in [0.05, 0.1) is 11.4 Å². The standard InChI is InChI=1S/C23H19ClN6O/c1-13-7-6-8-15-11-17(30(23(31)18(13)15)16-9-4-3-5-10-16)14(2)27-21-19-20(24)28-29-22(19)26-12-25-21/h3-12,14H,1-2H3,(H2,25,26,27,28,29)/t14-/m0/s1. The summed E-state index contributed by atoms with van der Waals surface area (Å²) in [6, 6.07) is 17.3. The van der Waals surface area contributed by atoms with Crippen LogP contribution < -0.4 is 10.9 Å². The van der Waals surface area contributed by atoms with E-state index >= 15 is 0 Å². The van der Waals surface area contributed by atoms with E-state index in [-0.39, 0.29) is 11.6 Å². The lowest BCUT2D eigenvalue weighted by molar-refractivity contribution is 0.774. The summed E-state index contributed by atoms with van der Waals surface area (Å²) in [6.45, 7) is 3.94. The van der Waals surface area contributed by atoms with Crippen molar-refractivity contribution in [2.75, 3.05) is 5.32 Å². The van der Waals surface area contributed by atoms with Gasteiger partial charge in [0.1, 0.15) is 17.5 Å². The van der Waals surface area contributed by atoms with Gasteiger partial charge in [-0.1, -0.05) is 48.0 Å². The normalized spacial score (nSPS) is 12.4. The molecule has 2 aromatic carbocycles. The van der Waals surface area contributed by atoms with Gasteiger partial charge in [0.25, 0.3) is 5.56 Å². The Morgan fingerprint density at radius 2 is 1.87 bits per heavy atom. The number of aromatic amines is 1. The largest absolute Gasteiger partial charge is 0.361 e. The molecule has 0 saturated carbocycles. The Morgan fingerprint density at radius 1 is 1.06 bits per heavy atom. The molecule has 3 heterocycles. The first-order chi connectivity index (χ1) is 15.0. The Labute approximate surface area is 182 Å². The summed E-state index contributed by atoms with van der Waals surface area (Å²) in [7, 11) is 0. The van der Waals surface area contributed by atoms with Crippen molar-refractivity contribution in [2.45, 2.75) is 19.9 Å². The molecule has 0 bridgehead atoms. The molecule has 31 heavy (non-hydrogen) atoms. The topological polar surface area (TPSA) is 88.5 Å². The van der Waals surface area contributed by atoms with Crippen LogP contribution in [0.25, 0.3) is 27.5 Å². The molecule has 5 aromatic rings. The number of anilines is 1. The van der Waals surface area contributed by atoms with Gasteiger partial charge in [0.2, 0.25) is 0 Å². The Balaban J connectivity index is 1.71. The van der Waals surface area contributed by atoms with Crippen LogP contribution in [0.3, 0.4) is 0 Å². The molecule has 0 radical (unpaired) electrons. The number of nitrogens with zero attached hydrogens (tertiary/aromatic N) is 4. The molecule has 3 aromatic heterocycles. The summed E-state index contributed by atoms with van der Waals surface area (Å²) in [6.07, 6.45) is 1.44. The van der Waals surface area contributed by atoms with Gasteiger partial charge < -0.3 is 5.32 Å². The maximum absolute atomic E-state index is 13.6. The van der Waals surface area contributed by atoms with Crippen molar-refractivity contribution in [3.8, 4) is 5.69 Å². The Bertz CT molecular complexity index is 1470. The first-order valence-corrected chi connectivity index (χ1v) is 10.2. The number of pyridine rings is 1. The van der Waals surface area contributed by atoms with Gasteiger partial charge in [-0.25, -0.2) is 9.97 Å². The Kier molecular flexibility index (Phi) is 4.67. The highest BCUT2D eigenvalue weighted by atomic mass is 35.5. The molecule has 2 N–H and O–H groups in total. The lowest BCUT2D eigenvalue weighted by Gasteiger charge is -2.22. The maximum Gasteiger partial charge on any atom is 0.263 e. The first-order valence-electron chi connectivity index (χ1n) is 9.86. The number of aromatic nitrogens is 5. The highest BCUT2D eigenvalue weighted by Crippen LogP contribution is 2.29. The molecule has 0 aliphatic rings. The van der Waals surface area contributed by atoms with Crippen molar-refractivity contribution in [1.29, 1.82) is 0 Å². The fourth-order valence-electron chi connectivity index (χ4n) is 3.93. The van der Waals surface area contributed by atoms with Crippen molar-refractivity contribution in [1.82, 2.24) is 24.7 Å². The molecule has 8 heteroatoms. The van der Waals surface area contributed by atoms with Crippen LogP contribution in [-0.4, -0.2) is 24.7 Å². The van der Waals surface area contributed by atoms with Crippen LogP contribution in [0.2, 0.25) is 5.15 Å². The van der Waals surface area contributed by atoms with Gasteiger partial charge in [0.15, 0.2) is 10.8 Å². The van der Waals surface area contributed by atoms with Crippen molar-refractivity contribution in [3.05, 3.63) is 87.7 Å². The monoisotopic (exact) mass is 430 g/mol. The number of H-pyrrole nitrogens is 1. The number of hydrogen-bond donors (Lipinski definition) is 2. The number of halogens is 1. The summed E-state index contributed by atoms with van der Waals surface area (Å²) in [5, 5.41) is 12.7. The number of hydrogen-bond acceptors (Lipinski definition) is 5. The third-order valence-electron chi connectivity index (χ3n) is 5.41. The molecule has 0 unspecified atom stereocenters. The van der Waals surface area contributed by atoms with E-state index in [2.05, 4.69) is 25.5 Å². The Hall–Kier alpha value is -3.71. The summed E-state index contributed by atoms with van der Waals surface area (Å²) >= 11 is 6.24. The van der Waals surface area contributed by atoms with Crippen molar-refractivity contribution in [2.24, 2.45) is 0 Å². The SMILES string of the molecule is Cc1cccc2cc([C@H](C)Nc3ncnc4[nH]nc(Cl)c34)n(-c3ccccc3)c(=O)c12. The molecule has 1 atom stereocenters. The minimum Gasteiger partial charge on any atom is -0.361 e. The van der Waals surface area contributed by atoms with Crippen LogP contribution in [-0.2, 0) is 0 Å². The van der Waals surface area contributed by atoms with E-state index in [1.807, 2.05) is 68.4 Å². The summed E-state index contributed by atoms with van der Waals surface area (Å²) in [5.41, 5.74) is 3.04. The molecule has 0 spiro atoms. The molecular formula is C23H19ClN6O. The minimum atomic E-state index is -0.262. The highest BCUT2D eigenvalue weighted by molar-refractivity contribution is 6.35. The van der Waals surface area contributed by atoms with E-state index in [0.717, 1.165) is 22.3 Å². The second-order valence-corrected chi connectivity index (χ2v) is 7.77. The van der Waals surface area contributed by atoms with E-state index < -0.39 is 0 Å². The predicted molar refractivity (Wildman–Crippen MR) is 123 cm³/mol. The molecule has 154 valence electrons. The summed E-state index contributed by atoms with van der Waals surface area (Å²) < 4.78 is 1.75. The lowest BCUT2D eigenvalue weighted by atomic mass is 10.0. The third kappa shape index (κ3) is 3.23. The fraction of sp³-hybridized carbons (Fsp3) is 0.130. The minimum absolute atomic E-state index is 0.0559. The molecule has 5 rings (SSSR count). The summed E-state index contributed by atoms with van der Waals surface area (Å²) in [4.78, 5) is 22.1. The number of nitrogens with one attached hydrogen (secondary N) is 2. The van der Waals surface area contributed by atoms with Gasteiger partial charge in [-0.2, -0.15) is 5.10 Å². The van der Waals surface area contributed by atoms with Crippen molar-refractivity contribution < 1.29 is 0 Å². The second-order valence-electron chi connectivity index (χ2n) is 7.41.